The zero-order valence-electron chi connectivity index (χ0n) is 12.0. The molecule has 1 aliphatic carbocycles. The van der Waals surface area contributed by atoms with Crippen molar-refractivity contribution in [2.75, 3.05) is 26.4 Å². The van der Waals surface area contributed by atoms with E-state index < -0.39 is 17.9 Å². The van der Waals surface area contributed by atoms with Crippen LogP contribution < -0.4 is 5.32 Å². The van der Waals surface area contributed by atoms with E-state index in [-0.39, 0.29) is 31.4 Å². The zero-order chi connectivity index (χ0) is 14.8. The van der Waals surface area contributed by atoms with Crippen molar-refractivity contribution >= 4 is 12.0 Å². The molecule has 0 bridgehead atoms. The molecule has 2 heterocycles. The highest BCUT2D eigenvalue weighted by Crippen LogP contribution is 2.28. The fourth-order valence-electron chi connectivity index (χ4n) is 3.53. The Balaban J connectivity index is 1.62. The first-order valence-corrected chi connectivity index (χ1v) is 7.66. The monoisotopic (exact) mass is 298 g/mol. The van der Waals surface area contributed by atoms with Crippen molar-refractivity contribution in [3.05, 3.63) is 0 Å². The fourth-order valence-corrected chi connectivity index (χ4v) is 3.53. The van der Waals surface area contributed by atoms with Crippen molar-refractivity contribution in [1.82, 2.24) is 10.2 Å². The van der Waals surface area contributed by atoms with Crippen molar-refractivity contribution in [3.8, 4) is 0 Å². The molecule has 0 aromatic carbocycles. The number of carboxylic acids is 1. The fraction of sp³-hybridized carbons (Fsp3) is 0.857. The van der Waals surface area contributed by atoms with Gasteiger partial charge in [0.1, 0.15) is 5.92 Å². The summed E-state index contributed by atoms with van der Waals surface area (Å²) in [7, 11) is 0. The van der Waals surface area contributed by atoms with E-state index in [0.29, 0.717) is 13.2 Å². The van der Waals surface area contributed by atoms with Gasteiger partial charge in [0.2, 0.25) is 0 Å². The maximum atomic E-state index is 12.5. The number of amides is 2. The number of ether oxygens (including phenoxy) is 2. The largest absolute Gasteiger partial charge is 0.481 e. The van der Waals surface area contributed by atoms with Crippen LogP contribution in [-0.2, 0) is 14.3 Å². The number of rotatable bonds is 2. The van der Waals surface area contributed by atoms with Crippen LogP contribution in [0.25, 0.3) is 0 Å². The number of hydrogen-bond acceptors (Lipinski definition) is 4. The van der Waals surface area contributed by atoms with Crippen LogP contribution in [-0.4, -0.2) is 66.6 Å². The van der Waals surface area contributed by atoms with Gasteiger partial charge in [-0.25, -0.2) is 4.79 Å². The number of carbonyl (C=O) groups excluding carboxylic acids is 1. The molecule has 4 atom stereocenters. The van der Waals surface area contributed by atoms with Gasteiger partial charge in [0, 0.05) is 6.54 Å². The average molecular weight is 298 g/mol. The Labute approximate surface area is 123 Å². The maximum absolute atomic E-state index is 12.5. The lowest BCUT2D eigenvalue weighted by Gasteiger charge is -2.44. The summed E-state index contributed by atoms with van der Waals surface area (Å²) in [4.78, 5) is 25.4. The van der Waals surface area contributed by atoms with Crippen molar-refractivity contribution in [1.29, 1.82) is 0 Å². The van der Waals surface area contributed by atoms with Crippen LogP contribution in [0.1, 0.15) is 25.7 Å². The molecule has 2 aliphatic heterocycles. The van der Waals surface area contributed by atoms with Gasteiger partial charge in [-0.05, 0) is 12.8 Å². The van der Waals surface area contributed by atoms with Crippen LogP contribution in [0.15, 0.2) is 0 Å². The number of morpholine rings is 1. The molecule has 0 radical (unpaired) electrons. The van der Waals surface area contributed by atoms with E-state index in [4.69, 9.17) is 14.6 Å². The van der Waals surface area contributed by atoms with Crippen LogP contribution in [0.4, 0.5) is 4.79 Å². The van der Waals surface area contributed by atoms with Gasteiger partial charge < -0.3 is 24.8 Å². The lowest BCUT2D eigenvalue weighted by atomic mass is 9.90. The first-order chi connectivity index (χ1) is 10.2. The van der Waals surface area contributed by atoms with Crippen LogP contribution in [0, 0.1) is 5.92 Å². The summed E-state index contributed by atoms with van der Waals surface area (Å²) in [5.74, 6) is -1.58. The average Bonchev–Trinajstić information content (AvgIpc) is 2.95. The number of aliphatic carboxylic acids is 1. The molecular weight excluding hydrogens is 276 g/mol. The summed E-state index contributed by atoms with van der Waals surface area (Å²) in [6.07, 6.45) is 4.35. The summed E-state index contributed by atoms with van der Waals surface area (Å²) < 4.78 is 10.9. The van der Waals surface area contributed by atoms with E-state index in [1.165, 1.54) is 0 Å². The molecule has 21 heavy (non-hydrogen) atoms. The molecule has 0 aromatic rings. The van der Waals surface area contributed by atoms with E-state index in [9.17, 15) is 9.59 Å². The van der Waals surface area contributed by atoms with Crippen LogP contribution in [0.5, 0.6) is 0 Å². The second-order valence-corrected chi connectivity index (χ2v) is 5.99. The number of urea groups is 1. The van der Waals surface area contributed by atoms with E-state index in [1.807, 2.05) is 4.90 Å². The van der Waals surface area contributed by atoms with Gasteiger partial charge in [-0.2, -0.15) is 0 Å². The molecular formula is C14H22N2O5. The molecule has 2 N–H and O–H groups in total. The lowest BCUT2D eigenvalue weighted by Crippen LogP contribution is -2.59. The molecule has 0 spiro atoms. The smallest absolute Gasteiger partial charge is 0.318 e. The van der Waals surface area contributed by atoms with Gasteiger partial charge in [0.15, 0.2) is 0 Å². The first-order valence-electron chi connectivity index (χ1n) is 7.66. The van der Waals surface area contributed by atoms with Gasteiger partial charge in [0.05, 0.1) is 38.0 Å². The Morgan fingerprint density at radius 1 is 1.19 bits per heavy atom. The normalized spacial score (nSPS) is 36.1. The second-order valence-electron chi connectivity index (χ2n) is 5.99. The molecule has 7 heteroatoms. The molecule has 3 fully saturated rings. The van der Waals surface area contributed by atoms with Crippen molar-refractivity contribution < 1.29 is 24.2 Å². The van der Waals surface area contributed by atoms with Crippen LogP contribution >= 0.6 is 0 Å². The Hall–Kier alpha value is -1.34. The molecule has 118 valence electrons. The molecule has 7 nitrogen and oxygen atoms in total. The SMILES string of the molecule is O=C(O)C1COCC1NC(=O)N1CCOC2CCCCC21. The Morgan fingerprint density at radius 3 is 2.81 bits per heavy atom. The minimum atomic E-state index is -0.921. The third-order valence-electron chi connectivity index (χ3n) is 4.70. The van der Waals surface area contributed by atoms with Crippen molar-refractivity contribution in [3.63, 3.8) is 0 Å². The minimum Gasteiger partial charge on any atom is -0.481 e. The molecule has 4 unspecified atom stereocenters. The highest BCUT2D eigenvalue weighted by Gasteiger charge is 2.40. The summed E-state index contributed by atoms with van der Waals surface area (Å²) in [6.45, 7) is 1.55. The van der Waals surface area contributed by atoms with Crippen LogP contribution in [0.3, 0.4) is 0 Å². The van der Waals surface area contributed by atoms with Gasteiger partial charge in [-0.3, -0.25) is 4.79 Å². The van der Waals surface area contributed by atoms with Crippen LogP contribution in [0.2, 0.25) is 0 Å². The topological polar surface area (TPSA) is 88.1 Å². The van der Waals surface area contributed by atoms with Gasteiger partial charge in [0.25, 0.3) is 0 Å². The lowest BCUT2D eigenvalue weighted by molar-refractivity contribution is -0.142. The summed E-state index contributed by atoms with van der Waals surface area (Å²) >= 11 is 0. The second kappa shape index (κ2) is 6.19. The zero-order valence-corrected chi connectivity index (χ0v) is 12.0. The number of hydrogen-bond donors (Lipinski definition) is 2. The predicted molar refractivity (Wildman–Crippen MR) is 73.0 cm³/mol. The molecule has 2 saturated heterocycles. The number of fused-ring (bicyclic) bond motifs is 1. The number of carbonyl (C=O) groups is 2. The number of nitrogens with one attached hydrogen (secondary N) is 1. The molecule has 3 rings (SSSR count). The number of carboxylic acid groups (broad SMARTS) is 1. The quantitative estimate of drug-likeness (QED) is 0.772. The Morgan fingerprint density at radius 2 is 2.00 bits per heavy atom. The highest BCUT2D eigenvalue weighted by molar-refractivity contribution is 5.77. The summed E-state index contributed by atoms with van der Waals surface area (Å²) in [5, 5.41) is 12.0. The van der Waals surface area contributed by atoms with E-state index in [0.717, 1.165) is 25.7 Å². The van der Waals surface area contributed by atoms with E-state index >= 15 is 0 Å². The van der Waals surface area contributed by atoms with Gasteiger partial charge in [-0.15, -0.1) is 0 Å². The van der Waals surface area contributed by atoms with E-state index in [1.54, 1.807) is 0 Å². The predicted octanol–water partition coefficient (Wildman–Crippen LogP) is 0.439. The number of nitrogens with zero attached hydrogens (tertiary/aromatic N) is 1. The summed E-state index contributed by atoms with van der Waals surface area (Å²) in [6, 6.07) is -0.505. The molecule has 3 aliphatic rings. The van der Waals surface area contributed by atoms with Crippen molar-refractivity contribution in [2.24, 2.45) is 5.92 Å². The minimum absolute atomic E-state index is 0.123. The standard InChI is InChI=1S/C14H22N2O5/c17-13(18)9-7-20-8-10(9)15-14(19)16-5-6-21-12-4-2-1-3-11(12)16/h9-12H,1-8H2,(H,15,19)(H,17,18). The third kappa shape index (κ3) is 2.98. The highest BCUT2D eigenvalue weighted by atomic mass is 16.5. The van der Waals surface area contributed by atoms with E-state index in [2.05, 4.69) is 5.32 Å². The summed E-state index contributed by atoms with van der Waals surface area (Å²) in [5.41, 5.74) is 0. The Bertz CT molecular complexity index is 414. The molecule has 0 aromatic heterocycles. The maximum Gasteiger partial charge on any atom is 0.318 e. The van der Waals surface area contributed by atoms with Crippen molar-refractivity contribution in [2.45, 2.75) is 43.9 Å². The molecule has 1 saturated carbocycles. The molecule has 2 amide bonds. The van der Waals surface area contributed by atoms with Gasteiger partial charge >= 0.3 is 12.0 Å². The van der Waals surface area contributed by atoms with Gasteiger partial charge in [-0.1, -0.05) is 12.8 Å². The first kappa shape index (κ1) is 14.6. The third-order valence-corrected chi connectivity index (χ3v) is 4.70. The Kier molecular flexibility index (Phi) is 4.30.